The Bertz CT molecular complexity index is 426. The van der Waals surface area contributed by atoms with Gasteiger partial charge in [-0.15, -0.1) is 12.4 Å². The summed E-state index contributed by atoms with van der Waals surface area (Å²) >= 11 is 0. The summed E-state index contributed by atoms with van der Waals surface area (Å²) in [6, 6.07) is 6.10. The molecule has 0 fully saturated rings. The third-order valence-corrected chi connectivity index (χ3v) is 4.48. The van der Waals surface area contributed by atoms with Gasteiger partial charge in [-0.1, -0.05) is 70.8 Å². The summed E-state index contributed by atoms with van der Waals surface area (Å²) in [6.45, 7) is 4.25. The van der Waals surface area contributed by atoms with Gasteiger partial charge in [-0.3, -0.25) is 0 Å². The van der Waals surface area contributed by atoms with E-state index in [1.165, 1.54) is 69.8 Å². The average Bonchev–Trinajstić information content (AvgIpc) is 2.62. The number of rotatable bonds is 15. The van der Waals surface area contributed by atoms with E-state index in [0.29, 0.717) is 0 Å². The second-order valence-corrected chi connectivity index (χ2v) is 6.55. The lowest BCUT2D eigenvalue weighted by atomic mass is 10.1. The first kappa shape index (κ1) is 24.1. The van der Waals surface area contributed by atoms with Crippen LogP contribution in [-0.4, -0.2) is 20.8 Å². The van der Waals surface area contributed by atoms with Crippen molar-refractivity contribution >= 4 is 12.4 Å². The van der Waals surface area contributed by atoms with E-state index in [-0.39, 0.29) is 12.4 Å². The molecule has 146 valence electrons. The van der Waals surface area contributed by atoms with Crippen LogP contribution in [0.5, 0.6) is 11.5 Å². The number of hydrogen-bond donors (Lipinski definition) is 1. The summed E-state index contributed by atoms with van der Waals surface area (Å²) in [4.78, 5) is 0. The van der Waals surface area contributed by atoms with E-state index >= 15 is 0 Å². The standard InChI is InChI=1S/C21H37NO2.ClH/c1-4-5-6-7-8-9-10-11-12-13-16-22-18-19-14-15-20(23-2)21(17-19)24-3;/h14-15,17,22H,4-13,16,18H2,1-3H3;1H. The second kappa shape index (κ2) is 16.5. The molecule has 0 saturated heterocycles. The van der Waals surface area contributed by atoms with Crippen LogP contribution in [0.4, 0.5) is 0 Å². The smallest absolute Gasteiger partial charge is 0.161 e. The van der Waals surface area contributed by atoms with Crippen LogP contribution in [0.2, 0.25) is 0 Å². The van der Waals surface area contributed by atoms with Crippen molar-refractivity contribution in [1.29, 1.82) is 0 Å². The second-order valence-electron chi connectivity index (χ2n) is 6.55. The van der Waals surface area contributed by atoms with Crippen LogP contribution in [0.3, 0.4) is 0 Å². The minimum atomic E-state index is 0. The number of hydrogen-bond acceptors (Lipinski definition) is 3. The molecule has 0 unspecified atom stereocenters. The maximum atomic E-state index is 5.34. The fourth-order valence-electron chi connectivity index (χ4n) is 2.96. The molecule has 0 atom stereocenters. The lowest BCUT2D eigenvalue weighted by molar-refractivity contribution is 0.354. The van der Waals surface area contributed by atoms with Crippen molar-refractivity contribution in [1.82, 2.24) is 5.32 Å². The van der Waals surface area contributed by atoms with Gasteiger partial charge in [0.1, 0.15) is 0 Å². The summed E-state index contributed by atoms with van der Waals surface area (Å²) in [6.07, 6.45) is 13.9. The van der Waals surface area contributed by atoms with Crippen molar-refractivity contribution in [3.63, 3.8) is 0 Å². The van der Waals surface area contributed by atoms with Crippen LogP contribution in [0.15, 0.2) is 18.2 Å². The van der Waals surface area contributed by atoms with Gasteiger partial charge >= 0.3 is 0 Å². The van der Waals surface area contributed by atoms with Crippen molar-refractivity contribution in [2.45, 2.75) is 77.7 Å². The Kier molecular flexibility index (Phi) is 15.9. The quantitative estimate of drug-likeness (QED) is 0.376. The average molecular weight is 372 g/mol. The Hall–Kier alpha value is -0.930. The maximum absolute atomic E-state index is 5.34. The molecule has 0 heterocycles. The molecule has 1 aromatic carbocycles. The largest absolute Gasteiger partial charge is 0.493 e. The van der Waals surface area contributed by atoms with Gasteiger partial charge in [-0.25, -0.2) is 0 Å². The zero-order valence-corrected chi connectivity index (χ0v) is 17.3. The monoisotopic (exact) mass is 371 g/mol. The lowest BCUT2D eigenvalue weighted by Crippen LogP contribution is -2.14. The molecule has 0 radical (unpaired) electrons. The molecule has 1 rings (SSSR count). The van der Waals surface area contributed by atoms with Crippen molar-refractivity contribution < 1.29 is 9.47 Å². The van der Waals surface area contributed by atoms with Crippen LogP contribution in [0.1, 0.15) is 76.7 Å². The molecule has 0 aliphatic rings. The summed E-state index contributed by atoms with van der Waals surface area (Å²) in [5, 5.41) is 3.52. The lowest BCUT2D eigenvalue weighted by Gasteiger charge is -2.10. The predicted molar refractivity (Wildman–Crippen MR) is 110 cm³/mol. The van der Waals surface area contributed by atoms with E-state index < -0.39 is 0 Å². The summed E-state index contributed by atoms with van der Waals surface area (Å²) < 4.78 is 10.6. The molecule has 25 heavy (non-hydrogen) atoms. The first-order chi connectivity index (χ1) is 11.8. The zero-order chi connectivity index (χ0) is 17.5. The Morgan fingerprint density at radius 3 is 1.88 bits per heavy atom. The topological polar surface area (TPSA) is 30.5 Å². The fraction of sp³-hybridized carbons (Fsp3) is 0.714. The van der Waals surface area contributed by atoms with Crippen LogP contribution in [0, 0.1) is 0 Å². The minimum Gasteiger partial charge on any atom is -0.493 e. The van der Waals surface area contributed by atoms with Gasteiger partial charge in [-0.05, 0) is 30.7 Å². The molecule has 4 heteroatoms. The van der Waals surface area contributed by atoms with Gasteiger partial charge in [0.15, 0.2) is 11.5 Å². The normalized spacial score (nSPS) is 10.4. The highest BCUT2D eigenvalue weighted by Crippen LogP contribution is 2.27. The molecule has 0 spiro atoms. The maximum Gasteiger partial charge on any atom is 0.161 e. The van der Waals surface area contributed by atoms with E-state index in [2.05, 4.69) is 18.3 Å². The van der Waals surface area contributed by atoms with Gasteiger partial charge in [-0.2, -0.15) is 0 Å². The van der Waals surface area contributed by atoms with Gasteiger partial charge in [0, 0.05) is 6.54 Å². The van der Waals surface area contributed by atoms with Crippen molar-refractivity contribution in [3.8, 4) is 11.5 Å². The summed E-state index contributed by atoms with van der Waals surface area (Å²) in [7, 11) is 3.35. The molecule has 0 aliphatic carbocycles. The molecule has 0 aliphatic heterocycles. The Labute approximate surface area is 161 Å². The molecular formula is C21H38ClNO2. The highest BCUT2D eigenvalue weighted by atomic mass is 35.5. The summed E-state index contributed by atoms with van der Waals surface area (Å²) in [5.74, 6) is 1.59. The molecular weight excluding hydrogens is 334 g/mol. The first-order valence-corrected chi connectivity index (χ1v) is 9.73. The molecule has 1 N–H and O–H groups in total. The molecule has 3 nitrogen and oxygen atoms in total. The highest BCUT2D eigenvalue weighted by Gasteiger charge is 2.03. The van der Waals surface area contributed by atoms with E-state index in [4.69, 9.17) is 9.47 Å². The molecule has 0 aromatic heterocycles. The third-order valence-electron chi connectivity index (χ3n) is 4.48. The third kappa shape index (κ3) is 11.3. The predicted octanol–water partition coefficient (Wildman–Crippen LogP) is 6.14. The van der Waals surface area contributed by atoms with Crippen LogP contribution < -0.4 is 14.8 Å². The molecule has 0 saturated carbocycles. The Morgan fingerprint density at radius 2 is 1.32 bits per heavy atom. The van der Waals surface area contributed by atoms with Crippen LogP contribution in [-0.2, 0) is 6.54 Å². The number of ether oxygens (including phenoxy) is 2. The number of unbranched alkanes of at least 4 members (excludes halogenated alkanes) is 9. The van der Waals surface area contributed by atoms with Gasteiger partial charge in [0.25, 0.3) is 0 Å². The van der Waals surface area contributed by atoms with Crippen molar-refractivity contribution in [2.24, 2.45) is 0 Å². The number of benzene rings is 1. The Morgan fingerprint density at radius 1 is 0.760 bits per heavy atom. The zero-order valence-electron chi connectivity index (χ0n) is 16.4. The first-order valence-electron chi connectivity index (χ1n) is 9.73. The van der Waals surface area contributed by atoms with Gasteiger partial charge < -0.3 is 14.8 Å². The number of halogens is 1. The van der Waals surface area contributed by atoms with Gasteiger partial charge in [0.05, 0.1) is 14.2 Å². The van der Waals surface area contributed by atoms with Crippen LogP contribution in [0.25, 0.3) is 0 Å². The minimum absolute atomic E-state index is 0. The van der Waals surface area contributed by atoms with E-state index in [9.17, 15) is 0 Å². The van der Waals surface area contributed by atoms with E-state index in [0.717, 1.165) is 24.6 Å². The molecule has 0 bridgehead atoms. The highest BCUT2D eigenvalue weighted by molar-refractivity contribution is 5.85. The van der Waals surface area contributed by atoms with Crippen LogP contribution >= 0.6 is 12.4 Å². The number of methoxy groups -OCH3 is 2. The molecule has 1 aromatic rings. The molecule has 0 amide bonds. The Balaban J connectivity index is 0.00000576. The van der Waals surface area contributed by atoms with Crippen molar-refractivity contribution in [3.05, 3.63) is 23.8 Å². The van der Waals surface area contributed by atoms with E-state index in [1.54, 1.807) is 14.2 Å². The van der Waals surface area contributed by atoms with Gasteiger partial charge in [0.2, 0.25) is 0 Å². The van der Waals surface area contributed by atoms with Crippen molar-refractivity contribution in [2.75, 3.05) is 20.8 Å². The SMILES string of the molecule is CCCCCCCCCCCCNCc1ccc(OC)c(OC)c1.Cl. The summed E-state index contributed by atoms with van der Waals surface area (Å²) in [5.41, 5.74) is 1.24. The number of nitrogens with one attached hydrogen (secondary N) is 1. The fourth-order valence-corrected chi connectivity index (χ4v) is 2.96. The van der Waals surface area contributed by atoms with E-state index in [1.807, 2.05) is 12.1 Å².